The fourth-order valence-electron chi connectivity index (χ4n) is 1.99. The highest BCUT2D eigenvalue weighted by atomic mass is 79.9. The van der Waals surface area contributed by atoms with Gasteiger partial charge in [0.25, 0.3) is 5.91 Å². The minimum absolute atomic E-state index is 0.0889. The van der Waals surface area contributed by atoms with E-state index in [1.807, 2.05) is 32.0 Å². The summed E-state index contributed by atoms with van der Waals surface area (Å²) < 4.78 is 6.86. The molecule has 1 aromatic carbocycles. The van der Waals surface area contributed by atoms with Crippen LogP contribution >= 0.6 is 15.9 Å². The van der Waals surface area contributed by atoms with Gasteiger partial charge in [0.1, 0.15) is 5.75 Å². The first-order chi connectivity index (χ1) is 9.95. The fourth-order valence-corrected chi connectivity index (χ4v) is 2.40. The quantitative estimate of drug-likeness (QED) is 0.791. The van der Waals surface area contributed by atoms with Crippen molar-refractivity contribution < 1.29 is 9.53 Å². The Morgan fingerprint density at radius 2 is 2.10 bits per heavy atom. The second-order valence-electron chi connectivity index (χ2n) is 5.83. The van der Waals surface area contributed by atoms with Gasteiger partial charge in [0.15, 0.2) is 6.10 Å². The van der Waals surface area contributed by atoms with Gasteiger partial charge in [-0.05, 0) is 51.8 Å². The van der Waals surface area contributed by atoms with Crippen LogP contribution in [0.5, 0.6) is 5.75 Å². The predicted molar refractivity (Wildman–Crippen MR) is 87.4 cm³/mol. The molecular formula is C16H23BrN2O2. The smallest absolute Gasteiger partial charge is 0.260 e. The van der Waals surface area contributed by atoms with Crippen molar-refractivity contribution in [2.24, 2.45) is 0 Å². The number of ether oxygens (including phenoxy) is 1. The molecule has 1 fully saturated rings. The van der Waals surface area contributed by atoms with Crippen molar-refractivity contribution in [3.05, 3.63) is 28.2 Å². The van der Waals surface area contributed by atoms with E-state index in [9.17, 15) is 4.79 Å². The first-order valence-electron chi connectivity index (χ1n) is 7.44. The van der Waals surface area contributed by atoms with E-state index in [-0.39, 0.29) is 11.9 Å². The van der Waals surface area contributed by atoms with E-state index in [2.05, 4.69) is 26.6 Å². The number of halogens is 1. The molecule has 21 heavy (non-hydrogen) atoms. The molecule has 0 spiro atoms. The van der Waals surface area contributed by atoms with E-state index in [1.165, 1.54) is 12.8 Å². The van der Waals surface area contributed by atoms with Crippen LogP contribution in [0.25, 0.3) is 0 Å². The predicted octanol–water partition coefficient (Wildman–Crippen LogP) is 2.99. The summed E-state index contributed by atoms with van der Waals surface area (Å²) >= 11 is 3.48. The number of hydrogen-bond donors (Lipinski definition) is 2. The molecule has 0 aliphatic heterocycles. The van der Waals surface area contributed by atoms with E-state index < -0.39 is 6.10 Å². The number of carbonyl (C=O) groups is 1. The van der Waals surface area contributed by atoms with Crippen molar-refractivity contribution in [2.75, 3.05) is 0 Å². The number of carbonyl (C=O) groups excluding carboxylic acids is 1. The van der Waals surface area contributed by atoms with Crippen molar-refractivity contribution in [2.45, 2.75) is 58.3 Å². The van der Waals surface area contributed by atoms with Gasteiger partial charge in [-0.2, -0.15) is 0 Å². The van der Waals surface area contributed by atoms with Crippen LogP contribution in [0, 0.1) is 0 Å². The van der Waals surface area contributed by atoms with Gasteiger partial charge in [-0.3, -0.25) is 4.79 Å². The lowest BCUT2D eigenvalue weighted by molar-refractivity contribution is -0.127. The summed E-state index contributed by atoms with van der Waals surface area (Å²) in [4.78, 5) is 12.0. The topological polar surface area (TPSA) is 50.4 Å². The number of hydrogen-bond acceptors (Lipinski definition) is 3. The van der Waals surface area contributed by atoms with Gasteiger partial charge in [-0.15, -0.1) is 0 Å². The Kier molecular flexibility index (Phi) is 5.65. The minimum atomic E-state index is -0.506. The molecule has 0 aromatic heterocycles. The second kappa shape index (κ2) is 7.27. The second-order valence-corrected chi connectivity index (χ2v) is 6.75. The van der Waals surface area contributed by atoms with Gasteiger partial charge in [0.2, 0.25) is 0 Å². The third-order valence-electron chi connectivity index (χ3n) is 3.28. The number of amides is 1. The molecule has 1 aliphatic rings. The van der Waals surface area contributed by atoms with Crippen LogP contribution in [0.15, 0.2) is 22.7 Å². The molecule has 2 N–H and O–H groups in total. The van der Waals surface area contributed by atoms with Crippen LogP contribution < -0.4 is 15.4 Å². The number of benzene rings is 1. The molecule has 0 radical (unpaired) electrons. The zero-order valence-electron chi connectivity index (χ0n) is 12.8. The summed E-state index contributed by atoms with van der Waals surface area (Å²) in [5.74, 6) is 0.673. The van der Waals surface area contributed by atoms with Crippen LogP contribution in [0.1, 0.15) is 39.2 Å². The van der Waals surface area contributed by atoms with Crippen molar-refractivity contribution in [3.63, 3.8) is 0 Å². The highest BCUT2D eigenvalue weighted by molar-refractivity contribution is 9.10. The van der Waals surface area contributed by atoms with E-state index in [1.54, 1.807) is 6.92 Å². The molecule has 1 saturated carbocycles. The van der Waals surface area contributed by atoms with Crippen molar-refractivity contribution in [1.82, 2.24) is 10.6 Å². The lowest BCUT2D eigenvalue weighted by atomic mass is 10.2. The summed E-state index contributed by atoms with van der Waals surface area (Å²) in [6.45, 7) is 6.42. The standard InChI is InChI=1S/C16H23BrN2O2/c1-10(2)19-16(20)11(3)21-15-7-4-13(17)8-12(15)9-18-14-5-6-14/h4,7-8,10-11,14,18H,5-6,9H2,1-3H3,(H,19,20). The summed E-state index contributed by atoms with van der Waals surface area (Å²) in [7, 11) is 0. The Morgan fingerprint density at radius 1 is 1.38 bits per heavy atom. The van der Waals surface area contributed by atoms with Crippen molar-refractivity contribution in [3.8, 4) is 5.75 Å². The molecule has 0 saturated heterocycles. The van der Waals surface area contributed by atoms with Gasteiger partial charge in [-0.25, -0.2) is 0 Å². The fraction of sp³-hybridized carbons (Fsp3) is 0.562. The molecule has 1 aliphatic carbocycles. The van der Waals surface area contributed by atoms with Crippen LogP contribution in [0.2, 0.25) is 0 Å². The Morgan fingerprint density at radius 3 is 2.71 bits per heavy atom. The van der Waals surface area contributed by atoms with Gasteiger partial charge in [-0.1, -0.05) is 15.9 Å². The summed E-state index contributed by atoms with van der Waals surface area (Å²) in [6, 6.07) is 6.64. The highest BCUT2D eigenvalue weighted by Gasteiger charge is 2.21. The first-order valence-corrected chi connectivity index (χ1v) is 8.24. The molecule has 0 bridgehead atoms. The van der Waals surface area contributed by atoms with Gasteiger partial charge < -0.3 is 15.4 Å². The largest absolute Gasteiger partial charge is 0.481 e. The Hall–Kier alpha value is -1.07. The van der Waals surface area contributed by atoms with E-state index >= 15 is 0 Å². The Balaban J connectivity index is 2.01. The van der Waals surface area contributed by atoms with Crippen LogP contribution in [-0.4, -0.2) is 24.1 Å². The van der Waals surface area contributed by atoms with Gasteiger partial charge in [0.05, 0.1) is 0 Å². The highest BCUT2D eigenvalue weighted by Crippen LogP contribution is 2.26. The lowest BCUT2D eigenvalue weighted by Crippen LogP contribution is -2.40. The molecule has 1 amide bonds. The van der Waals surface area contributed by atoms with E-state index in [4.69, 9.17) is 4.74 Å². The van der Waals surface area contributed by atoms with Crippen molar-refractivity contribution in [1.29, 1.82) is 0 Å². The minimum Gasteiger partial charge on any atom is -0.481 e. The number of nitrogens with one attached hydrogen (secondary N) is 2. The summed E-state index contributed by atoms with van der Waals surface area (Å²) in [5.41, 5.74) is 1.07. The maximum absolute atomic E-state index is 12.0. The molecule has 1 unspecified atom stereocenters. The molecule has 5 heteroatoms. The van der Waals surface area contributed by atoms with Gasteiger partial charge >= 0.3 is 0 Å². The zero-order valence-corrected chi connectivity index (χ0v) is 14.4. The molecule has 0 heterocycles. The maximum Gasteiger partial charge on any atom is 0.260 e. The third kappa shape index (κ3) is 5.32. The average Bonchev–Trinajstić information content (AvgIpc) is 3.22. The molecule has 4 nitrogen and oxygen atoms in total. The molecule has 2 rings (SSSR count). The van der Waals surface area contributed by atoms with Crippen LogP contribution in [0.4, 0.5) is 0 Å². The van der Waals surface area contributed by atoms with Crippen LogP contribution in [-0.2, 0) is 11.3 Å². The average molecular weight is 355 g/mol. The van der Waals surface area contributed by atoms with E-state index in [0.29, 0.717) is 6.04 Å². The zero-order chi connectivity index (χ0) is 15.4. The molecular weight excluding hydrogens is 332 g/mol. The van der Waals surface area contributed by atoms with Crippen molar-refractivity contribution >= 4 is 21.8 Å². The van der Waals surface area contributed by atoms with E-state index in [0.717, 1.165) is 22.3 Å². The maximum atomic E-state index is 12.0. The Labute approximate surface area is 134 Å². The summed E-state index contributed by atoms with van der Waals surface area (Å²) in [6.07, 6.45) is 1.99. The monoisotopic (exact) mass is 354 g/mol. The SMILES string of the molecule is CC(C)NC(=O)C(C)Oc1ccc(Br)cc1CNC1CC1. The normalized spacial score (nSPS) is 15.9. The Bertz CT molecular complexity index is 501. The molecule has 1 atom stereocenters. The summed E-state index contributed by atoms with van der Waals surface area (Å²) in [5, 5.41) is 6.34. The number of rotatable bonds is 7. The molecule has 1 aromatic rings. The third-order valence-corrected chi connectivity index (χ3v) is 3.78. The lowest BCUT2D eigenvalue weighted by Gasteiger charge is -2.19. The first kappa shape index (κ1) is 16.3. The van der Waals surface area contributed by atoms with Crippen LogP contribution in [0.3, 0.4) is 0 Å². The molecule has 116 valence electrons. The van der Waals surface area contributed by atoms with Gasteiger partial charge in [0, 0.05) is 28.7 Å².